The van der Waals surface area contributed by atoms with E-state index in [9.17, 15) is 9.59 Å². The van der Waals surface area contributed by atoms with Crippen LogP contribution in [0.2, 0.25) is 0 Å². The second-order valence-corrected chi connectivity index (χ2v) is 9.03. The number of benzene rings is 1. The number of fused-ring (bicyclic) bond motifs is 1. The molecular weight excluding hydrogens is 384 g/mol. The standard InChI is InChI=1S/C23H28N2O3S/c1-6-18-24-21-20(22(27)25(18)13-7-8-19(26)28-5)17(14-29-21)15-9-11-16(12-10-15)23(2,3)4/h9-12,14H,6-8,13H2,1-5H3. The number of rotatable bonds is 6. The van der Waals surface area contributed by atoms with Gasteiger partial charge in [-0.25, -0.2) is 4.98 Å². The fourth-order valence-electron chi connectivity index (χ4n) is 3.41. The summed E-state index contributed by atoms with van der Waals surface area (Å²) in [5, 5.41) is 2.68. The van der Waals surface area contributed by atoms with Crippen LogP contribution in [0.1, 0.15) is 51.9 Å². The highest BCUT2D eigenvalue weighted by Crippen LogP contribution is 2.32. The maximum atomic E-state index is 13.3. The van der Waals surface area contributed by atoms with E-state index >= 15 is 0 Å². The summed E-state index contributed by atoms with van der Waals surface area (Å²) in [5.41, 5.74) is 3.25. The van der Waals surface area contributed by atoms with Gasteiger partial charge in [0.25, 0.3) is 5.56 Å². The lowest BCUT2D eigenvalue weighted by Gasteiger charge is -2.19. The van der Waals surface area contributed by atoms with Crippen LogP contribution in [0.3, 0.4) is 0 Å². The molecule has 0 unspecified atom stereocenters. The number of aromatic nitrogens is 2. The minimum Gasteiger partial charge on any atom is -0.469 e. The Morgan fingerprint density at radius 1 is 1.21 bits per heavy atom. The maximum absolute atomic E-state index is 13.3. The Balaban J connectivity index is 2.03. The van der Waals surface area contributed by atoms with E-state index in [4.69, 9.17) is 9.72 Å². The molecule has 3 aromatic rings. The lowest BCUT2D eigenvalue weighted by atomic mass is 9.86. The van der Waals surface area contributed by atoms with Crippen molar-refractivity contribution >= 4 is 27.5 Å². The number of hydrogen-bond acceptors (Lipinski definition) is 5. The smallest absolute Gasteiger partial charge is 0.305 e. The molecule has 0 amide bonds. The molecule has 0 N–H and O–H groups in total. The molecule has 29 heavy (non-hydrogen) atoms. The van der Waals surface area contributed by atoms with Crippen LogP contribution in [0.15, 0.2) is 34.4 Å². The zero-order chi connectivity index (χ0) is 21.2. The summed E-state index contributed by atoms with van der Waals surface area (Å²) in [7, 11) is 1.38. The van der Waals surface area contributed by atoms with Crippen molar-refractivity contribution < 1.29 is 9.53 Å². The van der Waals surface area contributed by atoms with Crippen molar-refractivity contribution in [3.8, 4) is 11.1 Å². The van der Waals surface area contributed by atoms with Crippen LogP contribution < -0.4 is 5.56 Å². The largest absolute Gasteiger partial charge is 0.469 e. The Kier molecular flexibility index (Phi) is 6.22. The van der Waals surface area contributed by atoms with E-state index in [1.54, 1.807) is 4.57 Å². The molecule has 0 fully saturated rings. The average molecular weight is 413 g/mol. The van der Waals surface area contributed by atoms with Crippen molar-refractivity contribution in [1.29, 1.82) is 0 Å². The van der Waals surface area contributed by atoms with Gasteiger partial charge in [-0.3, -0.25) is 14.2 Å². The number of carbonyl (C=O) groups excluding carboxylic acids is 1. The molecule has 0 spiro atoms. The number of aryl methyl sites for hydroxylation is 1. The Bertz CT molecular complexity index is 1070. The van der Waals surface area contributed by atoms with E-state index in [0.717, 1.165) is 21.8 Å². The summed E-state index contributed by atoms with van der Waals surface area (Å²) in [4.78, 5) is 30.3. The molecule has 0 atom stereocenters. The van der Waals surface area contributed by atoms with Crippen molar-refractivity contribution in [2.24, 2.45) is 0 Å². The second-order valence-electron chi connectivity index (χ2n) is 8.17. The van der Waals surface area contributed by atoms with E-state index in [1.807, 2.05) is 12.3 Å². The van der Waals surface area contributed by atoms with Crippen molar-refractivity contribution in [3.63, 3.8) is 0 Å². The van der Waals surface area contributed by atoms with Crippen molar-refractivity contribution in [2.75, 3.05) is 7.11 Å². The predicted molar refractivity (Wildman–Crippen MR) is 119 cm³/mol. The highest BCUT2D eigenvalue weighted by atomic mass is 32.1. The molecule has 3 rings (SSSR count). The maximum Gasteiger partial charge on any atom is 0.305 e. The van der Waals surface area contributed by atoms with Crippen molar-refractivity contribution in [3.05, 3.63) is 51.4 Å². The van der Waals surface area contributed by atoms with Gasteiger partial charge in [-0.2, -0.15) is 0 Å². The first-order valence-electron chi connectivity index (χ1n) is 9.95. The van der Waals surface area contributed by atoms with Crippen LogP contribution in [0.25, 0.3) is 21.3 Å². The van der Waals surface area contributed by atoms with Crippen LogP contribution in [0.4, 0.5) is 0 Å². The molecular formula is C23H28N2O3S. The van der Waals surface area contributed by atoms with Crippen LogP contribution in [0, 0.1) is 0 Å². The SMILES string of the molecule is CCc1nc2scc(-c3ccc(C(C)(C)C)cc3)c2c(=O)n1CCCC(=O)OC. The molecule has 0 radical (unpaired) electrons. The van der Waals surface area contributed by atoms with E-state index in [2.05, 4.69) is 45.0 Å². The highest BCUT2D eigenvalue weighted by Gasteiger charge is 2.18. The Labute approximate surface area is 175 Å². The minimum atomic E-state index is -0.264. The third-order valence-corrected chi connectivity index (χ3v) is 6.01. The number of thiophene rings is 1. The van der Waals surface area contributed by atoms with E-state index < -0.39 is 0 Å². The van der Waals surface area contributed by atoms with Gasteiger partial charge < -0.3 is 4.74 Å². The zero-order valence-electron chi connectivity index (χ0n) is 17.7. The minimum absolute atomic E-state index is 0.0344. The number of esters is 1. The highest BCUT2D eigenvalue weighted by molar-refractivity contribution is 7.17. The number of nitrogens with zero attached hydrogens (tertiary/aromatic N) is 2. The first-order chi connectivity index (χ1) is 13.8. The van der Waals surface area contributed by atoms with Gasteiger partial charge in [0.15, 0.2) is 0 Å². The van der Waals surface area contributed by atoms with Crippen LogP contribution >= 0.6 is 11.3 Å². The Morgan fingerprint density at radius 2 is 1.90 bits per heavy atom. The summed E-state index contributed by atoms with van der Waals surface area (Å²) < 4.78 is 6.42. The Hall–Kier alpha value is -2.47. The summed E-state index contributed by atoms with van der Waals surface area (Å²) in [5.74, 6) is 0.490. The second kappa shape index (κ2) is 8.49. The molecule has 6 heteroatoms. The average Bonchev–Trinajstić information content (AvgIpc) is 3.12. The molecule has 0 aliphatic rings. The molecule has 0 bridgehead atoms. The molecule has 2 heterocycles. The molecule has 0 aliphatic carbocycles. The van der Waals surface area contributed by atoms with E-state index in [0.29, 0.717) is 24.8 Å². The van der Waals surface area contributed by atoms with Gasteiger partial charge in [-0.05, 0) is 23.0 Å². The normalized spacial score (nSPS) is 11.8. The van der Waals surface area contributed by atoms with Crippen LogP contribution in [-0.2, 0) is 27.9 Å². The van der Waals surface area contributed by atoms with Crippen LogP contribution in [0.5, 0.6) is 0 Å². The molecule has 0 saturated carbocycles. The molecule has 0 saturated heterocycles. The third kappa shape index (κ3) is 4.42. The Morgan fingerprint density at radius 3 is 2.48 bits per heavy atom. The molecule has 154 valence electrons. The third-order valence-electron chi connectivity index (χ3n) is 5.14. The number of methoxy groups -OCH3 is 1. The fraction of sp³-hybridized carbons (Fsp3) is 0.435. The molecule has 2 aromatic heterocycles. The van der Waals surface area contributed by atoms with Gasteiger partial charge >= 0.3 is 5.97 Å². The fourth-order valence-corrected chi connectivity index (χ4v) is 4.37. The lowest BCUT2D eigenvalue weighted by molar-refractivity contribution is -0.140. The van der Waals surface area contributed by atoms with Gasteiger partial charge in [-0.15, -0.1) is 11.3 Å². The zero-order valence-corrected chi connectivity index (χ0v) is 18.6. The topological polar surface area (TPSA) is 61.2 Å². The van der Waals surface area contributed by atoms with Crippen molar-refractivity contribution in [1.82, 2.24) is 9.55 Å². The summed E-state index contributed by atoms with van der Waals surface area (Å²) in [6.07, 6.45) is 1.50. The van der Waals surface area contributed by atoms with Gasteiger partial charge in [-0.1, -0.05) is 52.0 Å². The molecule has 0 aliphatic heterocycles. The van der Waals surface area contributed by atoms with E-state index in [-0.39, 0.29) is 23.4 Å². The lowest BCUT2D eigenvalue weighted by Crippen LogP contribution is -2.25. The van der Waals surface area contributed by atoms with Gasteiger partial charge in [0.05, 0.1) is 12.5 Å². The first kappa shape index (κ1) is 21.2. The number of hydrogen-bond donors (Lipinski definition) is 0. The first-order valence-corrected chi connectivity index (χ1v) is 10.8. The van der Waals surface area contributed by atoms with Gasteiger partial charge in [0.2, 0.25) is 0 Å². The quantitative estimate of drug-likeness (QED) is 0.538. The van der Waals surface area contributed by atoms with Crippen molar-refractivity contribution in [2.45, 2.75) is 58.9 Å². The van der Waals surface area contributed by atoms with Crippen LogP contribution in [-0.4, -0.2) is 22.6 Å². The summed E-state index contributed by atoms with van der Waals surface area (Å²) in [6.45, 7) is 9.00. The predicted octanol–water partition coefficient (Wildman–Crippen LogP) is 4.94. The van der Waals surface area contributed by atoms with Gasteiger partial charge in [0.1, 0.15) is 10.7 Å². The summed E-state index contributed by atoms with van der Waals surface area (Å²) >= 11 is 1.50. The summed E-state index contributed by atoms with van der Waals surface area (Å²) in [6, 6.07) is 8.41. The van der Waals surface area contributed by atoms with Gasteiger partial charge in [0, 0.05) is 30.3 Å². The van der Waals surface area contributed by atoms with E-state index in [1.165, 1.54) is 24.0 Å². The molecule has 1 aromatic carbocycles. The monoisotopic (exact) mass is 412 g/mol. The number of carbonyl (C=O) groups is 1. The molecule has 5 nitrogen and oxygen atoms in total. The number of ether oxygens (including phenoxy) is 1.